The lowest BCUT2D eigenvalue weighted by molar-refractivity contribution is 0.399. The van der Waals surface area contributed by atoms with E-state index in [9.17, 15) is 0 Å². The Morgan fingerprint density at radius 1 is 1.16 bits per heavy atom. The molecule has 1 aromatic carbocycles. The van der Waals surface area contributed by atoms with Crippen molar-refractivity contribution in [2.24, 2.45) is 4.99 Å². The summed E-state index contributed by atoms with van der Waals surface area (Å²) in [6.45, 7) is 5.93. The number of benzene rings is 1. The minimum atomic E-state index is 0. The topological polar surface area (TPSA) is 57.5 Å². The number of hydrogen-bond acceptors (Lipinski definition) is 3. The lowest BCUT2D eigenvalue weighted by atomic mass is 10.3. The number of rotatable bonds is 8. The second kappa shape index (κ2) is 11.3. The molecule has 0 radical (unpaired) electrons. The molecule has 1 heterocycles. The van der Waals surface area contributed by atoms with Crippen molar-refractivity contribution in [3.8, 4) is 0 Å². The fourth-order valence-electron chi connectivity index (χ4n) is 2.74. The van der Waals surface area contributed by atoms with Crippen LogP contribution in [0.3, 0.4) is 0 Å². The molecule has 0 spiro atoms. The van der Waals surface area contributed by atoms with Crippen LogP contribution in [0.15, 0.2) is 29.3 Å². The fourth-order valence-corrected chi connectivity index (χ4v) is 2.74. The van der Waals surface area contributed by atoms with Crippen molar-refractivity contribution >= 4 is 41.0 Å². The molecule has 1 aromatic heterocycles. The van der Waals surface area contributed by atoms with Gasteiger partial charge in [0.05, 0.1) is 11.0 Å². The smallest absolute Gasteiger partial charge is 0.190 e. The molecule has 2 aromatic rings. The first-order valence-corrected chi connectivity index (χ1v) is 8.63. The third-order valence-corrected chi connectivity index (χ3v) is 3.99. The van der Waals surface area contributed by atoms with Gasteiger partial charge in [-0.1, -0.05) is 12.1 Å². The number of aliphatic imine (C=N–C) groups is 1. The normalized spacial score (nSPS) is 11.6. The van der Waals surface area contributed by atoms with E-state index < -0.39 is 0 Å². The van der Waals surface area contributed by atoms with Gasteiger partial charge in [-0.3, -0.25) is 4.99 Å². The molecule has 0 bridgehead atoms. The molecule has 0 atom stereocenters. The molecule has 2 N–H and O–H groups in total. The molecule has 0 saturated heterocycles. The van der Waals surface area contributed by atoms with E-state index in [-0.39, 0.29) is 24.0 Å². The number of guanidine groups is 1. The highest BCUT2D eigenvalue weighted by Crippen LogP contribution is 2.15. The summed E-state index contributed by atoms with van der Waals surface area (Å²) < 4.78 is 2.28. The van der Waals surface area contributed by atoms with Gasteiger partial charge in [0.1, 0.15) is 5.82 Å². The van der Waals surface area contributed by atoms with Crippen LogP contribution in [-0.4, -0.2) is 61.2 Å². The first kappa shape index (κ1) is 21.7. The number of para-hydroxylation sites is 2. The Morgan fingerprint density at radius 2 is 1.84 bits per heavy atom. The van der Waals surface area contributed by atoms with Crippen molar-refractivity contribution in [2.45, 2.75) is 26.3 Å². The average Bonchev–Trinajstić information content (AvgIpc) is 2.88. The van der Waals surface area contributed by atoms with Crippen LogP contribution < -0.4 is 10.6 Å². The number of nitrogens with one attached hydrogen (secondary N) is 2. The van der Waals surface area contributed by atoms with Gasteiger partial charge >= 0.3 is 0 Å². The van der Waals surface area contributed by atoms with Crippen LogP contribution in [0.5, 0.6) is 0 Å². The maximum atomic E-state index is 4.61. The van der Waals surface area contributed by atoms with Crippen LogP contribution in [-0.2, 0) is 6.54 Å². The van der Waals surface area contributed by atoms with Gasteiger partial charge in [0.2, 0.25) is 0 Å². The van der Waals surface area contributed by atoms with Gasteiger partial charge < -0.3 is 20.1 Å². The van der Waals surface area contributed by atoms with Crippen LogP contribution in [0.2, 0.25) is 0 Å². The third-order valence-electron chi connectivity index (χ3n) is 3.99. The molecular weight excluding hydrogens is 427 g/mol. The highest BCUT2D eigenvalue weighted by molar-refractivity contribution is 14.0. The monoisotopic (exact) mass is 458 g/mol. The van der Waals surface area contributed by atoms with Crippen molar-refractivity contribution in [3.05, 3.63) is 30.1 Å². The second-order valence-corrected chi connectivity index (χ2v) is 6.24. The van der Waals surface area contributed by atoms with Crippen LogP contribution in [0.4, 0.5) is 0 Å². The molecule has 0 amide bonds. The molecule has 0 fully saturated rings. The van der Waals surface area contributed by atoms with E-state index in [0.29, 0.717) is 0 Å². The molecule has 2 rings (SSSR count). The van der Waals surface area contributed by atoms with Gasteiger partial charge in [-0.05, 0) is 52.5 Å². The fraction of sp³-hybridized carbons (Fsp3) is 0.556. The van der Waals surface area contributed by atoms with Gasteiger partial charge in [-0.15, -0.1) is 24.0 Å². The zero-order valence-electron chi connectivity index (χ0n) is 15.7. The summed E-state index contributed by atoms with van der Waals surface area (Å²) in [4.78, 5) is 11.1. The van der Waals surface area contributed by atoms with Gasteiger partial charge in [-0.25, -0.2) is 4.98 Å². The molecule has 7 heteroatoms. The van der Waals surface area contributed by atoms with E-state index in [0.717, 1.165) is 56.3 Å². The van der Waals surface area contributed by atoms with Crippen molar-refractivity contribution in [3.63, 3.8) is 0 Å². The molecule has 6 nitrogen and oxygen atoms in total. The zero-order chi connectivity index (χ0) is 17.4. The molecule has 0 aliphatic heterocycles. The van der Waals surface area contributed by atoms with E-state index >= 15 is 0 Å². The quantitative estimate of drug-likeness (QED) is 0.276. The predicted octanol–water partition coefficient (Wildman–Crippen LogP) is 2.47. The molecule has 25 heavy (non-hydrogen) atoms. The Bertz CT molecular complexity index is 665. The van der Waals surface area contributed by atoms with Crippen molar-refractivity contribution in [1.29, 1.82) is 0 Å². The van der Waals surface area contributed by atoms with Crippen LogP contribution in [0.1, 0.15) is 18.7 Å². The SMILES string of the molecule is CN=C(NCCCN(C)C)NCCCn1c(C)nc2ccccc21.I. The number of aromatic nitrogens is 2. The number of nitrogens with zero attached hydrogens (tertiary/aromatic N) is 4. The Morgan fingerprint density at radius 3 is 2.52 bits per heavy atom. The molecular formula is C18H31IN6. The number of aryl methyl sites for hydroxylation is 2. The van der Waals surface area contributed by atoms with Gasteiger partial charge in [0, 0.05) is 26.7 Å². The van der Waals surface area contributed by atoms with Gasteiger partial charge in [0.25, 0.3) is 0 Å². The summed E-state index contributed by atoms with van der Waals surface area (Å²) in [6.07, 6.45) is 2.13. The van der Waals surface area contributed by atoms with Crippen LogP contribution in [0, 0.1) is 6.92 Å². The number of imidazole rings is 1. The molecule has 140 valence electrons. The summed E-state index contributed by atoms with van der Waals surface area (Å²) in [5.74, 6) is 1.95. The minimum Gasteiger partial charge on any atom is -0.356 e. The Labute approximate surface area is 168 Å². The maximum absolute atomic E-state index is 4.61. The minimum absolute atomic E-state index is 0. The summed E-state index contributed by atoms with van der Waals surface area (Å²) in [5.41, 5.74) is 2.28. The highest BCUT2D eigenvalue weighted by Gasteiger charge is 2.06. The van der Waals surface area contributed by atoms with E-state index in [1.165, 1.54) is 5.52 Å². The number of hydrogen-bond donors (Lipinski definition) is 2. The van der Waals surface area contributed by atoms with E-state index in [1.807, 2.05) is 13.1 Å². The van der Waals surface area contributed by atoms with Crippen molar-refractivity contribution in [1.82, 2.24) is 25.1 Å². The third kappa shape index (κ3) is 6.81. The Hall–Kier alpha value is -1.35. The lowest BCUT2D eigenvalue weighted by Gasteiger charge is -2.14. The van der Waals surface area contributed by atoms with Crippen molar-refractivity contribution < 1.29 is 0 Å². The molecule has 0 unspecified atom stereocenters. The Balaban J connectivity index is 0.00000312. The second-order valence-electron chi connectivity index (χ2n) is 6.24. The van der Waals surface area contributed by atoms with E-state index in [1.54, 1.807) is 0 Å². The molecule has 0 saturated carbocycles. The maximum Gasteiger partial charge on any atom is 0.190 e. The van der Waals surface area contributed by atoms with Crippen LogP contribution >= 0.6 is 24.0 Å². The predicted molar refractivity (Wildman–Crippen MR) is 117 cm³/mol. The lowest BCUT2D eigenvalue weighted by Crippen LogP contribution is -2.39. The average molecular weight is 458 g/mol. The summed E-state index contributed by atoms with van der Waals surface area (Å²) in [6, 6.07) is 8.30. The van der Waals surface area contributed by atoms with Gasteiger partial charge in [0.15, 0.2) is 5.96 Å². The highest BCUT2D eigenvalue weighted by atomic mass is 127. The van der Waals surface area contributed by atoms with Crippen molar-refractivity contribution in [2.75, 3.05) is 40.8 Å². The molecule has 0 aliphatic rings. The molecule has 0 aliphatic carbocycles. The summed E-state index contributed by atoms with van der Waals surface area (Å²) >= 11 is 0. The summed E-state index contributed by atoms with van der Waals surface area (Å²) in [5, 5.41) is 6.73. The first-order valence-electron chi connectivity index (χ1n) is 8.63. The standard InChI is InChI=1S/C18H30N6.HI/c1-15-22-16-9-5-6-10-17(16)24(15)14-8-12-21-18(19-2)20-11-7-13-23(3)4;/h5-6,9-10H,7-8,11-14H2,1-4H3,(H2,19,20,21);1H. The summed E-state index contributed by atoms with van der Waals surface area (Å²) in [7, 11) is 6.00. The Kier molecular flexibility index (Phi) is 9.81. The number of halogens is 1. The van der Waals surface area contributed by atoms with Gasteiger partial charge in [-0.2, -0.15) is 0 Å². The first-order chi connectivity index (χ1) is 11.6. The van der Waals surface area contributed by atoms with E-state index in [4.69, 9.17) is 0 Å². The number of fused-ring (bicyclic) bond motifs is 1. The largest absolute Gasteiger partial charge is 0.356 e. The van der Waals surface area contributed by atoms with Crippen LogP contribution in [0.25, 0.3) is 11.0 Å². The van der Waals surface area contributed by atoms with E-state index in [2.05, 4.69) is 69.3 Å². The zero-order valence-corrected chi connectivity index (χ0v) is 18.1.